The first-order chi connectivity index (χ1) is 9.65. The Labute approximate surface area is 120 Å². The molecule has 1 aliphatic carbocycles. The Hall–Kier alpha value is -1.39. The molecule has 110 valence electrons. The molecule has 2 rings (SSSR count). The summed E-state index contributed by atoms with van der Waals surface area (Å²) in [6, 6.07) is 9.32. The van der Waals surface area contributed by atoms with Crippen LogP contribution in [-0.4, -0.2) is 29.7 Å². The van der Waals surface area contributed by atoms with Gasteiger partial charge in [0.2, 0.25) is 5.91 Å². The number of amides is 1. The summed E-state index contributed by atoms with van der Waals surface area (Å²) in [5, 5.41) is 12.4. The Morgan fingerprint density at radius 3 is 2.55 bits per heavy atom. The minimum atomic E-state index is -0.494. The zero-order valence-electron chi connectivity index (χ0n) is 11.8. The summed E-state index contributed by atoms with van der Waals surface area (Å²) in [6.07, 6.45) is 4.07. The number of carbonyl (C=O) groups is 1. The van der Waals surface area contributed by atoms with Crippen LogP contribution in [0.2, 0.25) is 0 Å². The highest BCUT2D eigenvalue weighted by molar-refractivity contribution is 5.81. The van der Waals surface area contributed by atoms with Gasteiger partial charge in [-0.3, -0.25) is 4.79 Å². The molecule has 0 saturated heterocycles. The number of benzene rings is 1. The van der Waals surface area contributed by atoms with Crippen molar-refractivity contribution in [1.82, 2.24) is 5.32 Å². The van der Waals surface area contributed by atoms with Crippen molar-refractivity contribution in [2.45, 2.75) is 44.2 Å². The second-order valence-electron chi connectivity index (χ2n) is 5.72. The van der Waals surface area contributed by atoms with Gasteiger partial charge in [-0.05, 0) is 43.6 Å². The lowest BCUT2D eigenvalue weighted by atomic mass is 9.87. The van der Waals surface area contributed by atoms with Crippen molar-refractivity contribution < 1.29 is 9.90 Å². The second-order valence-corrected chi connectivity index (χ2v) is 5.72. The summed E-state index contributed by atoms with van der Waals surface area (Å²) < 4.78 is 0. The zero-order chi connectivity index (χ0) is 14.4. The Morgan fingerprint density at radius 2 is 1.90 bits per heavy atom. The van der Waals surface area contributed by atoms with Gasteiger partial charge in [-0.25, -0.2) is 0 Å². The average Bonchev–Trinajstić information content (AvgIpc) is 2.47. The third-order valence-electron chi connectivity index (χ3n) is 4.02. The largest absolute Gasteiger partial charge is 0.393 e. The van der Waals surface area contributed by atoms with Crippen LogP contribution in [0.25, 0.3) is 0 Å². The van der Waals surface area contributed by atoms with Gasteiger partial charge in [0, 0.05) is 6.54 Å². The molecule has 4 heteroatoms. The van der Waals surface area contributed by atoms with Crippen molar-refractivity contribution in [3.05, 3.63) is 35.9 Å². The van der Waals surface area contributed by atoms with Gasteiger partial charge in [0.1, 0.15) is 0 Å². The van der Waals surface area contributed by atoms with Crippen LogP contribution >= 0.6 is 0 Å². The summed E-state index contributed by atoms with van der Waals surface area (Å²) >= 11 is 0. The summed E-state index contributed by atoms with van der Waals surface area (Å²) in [5.41, 5.74) is 7.01. The molecule has 0 aromatic heterocycles. The Bertz CT molecular complexity index is 414. The van der Waals surface area contributed by atoms with Crippen LogP contribution in [0.1, 0.15) is 31.2 Å². The van der Waals surface area contributed by atoms with Crippen molar-refractivity contribution in [2.75, 3.05) is 6.54 Å². The van der Waals surface area contributed by atoms with E-state index in [4.69, 9.17) is 5.73 Å². The first kappa shape index (κ1) is 15.0. The fourth-order valence-electron chi connectivity index (χ4n) is 2.69. The van der Waals surface area contributed by atoms with Crippen molar-refractivity contribution in [2.24, 2.45) is 11.7 Å². The van der Waals surface area contributed by atoms with Crippen molar-refractivity contribution in [3.63, 3.8) is 0 Å². The van der Waals surface area contributed by atoms with Crippen molar-refractivity contribution >= 4 is 5.91 Å². The van der Waals surface area contributed by atoms with Crippen LogP contribution in [0.3, 0.4) is 0 Å². The monoisotopic (exact) mass is 276 g/mol. The maximum atomic E-state index is 12.0. The number of aliphatic hydroxyl groups excluding tert-OH is 1. The lowest BCUT2D eigenvalue weighted by Gasteiger charge is -2.26. The van der Waals surface area contributed by atoms with Gasteiger partial charge >= 0.3 is 0 Å². The second kappa shape index (κ2) is 7.41. The Kier molecular flexibility index (Phi) is 5.56. The van der Waals surface area contributed by atoms with E-state index in [2.05, 4.69) is 5.32 Å². The van der Waals surface area contributed by atoms with Crippen molar-refractivity contribution in [1.29, 1.82) is 0 Å². The molecule has 0 radical (unpaired) electrons. The van der Waals surface area contributed by atoms with Crippen LogP contribution in [0.5, 0.6) is 0 Å². The summed E-state index contributed by atoms with van der Waals surface area (Å²) in [7, 11) is 0. The third-order valence-corrected chi connectivity index (χ3v) is 4.02. The number of hydrogen-bond acceptors (Lipinski definition) is 3. The minimum Gasteiger partial charge on any atom is -0.393 e. The molecule has 4 nitrogen and oxygen atoms in total. The third kappa shape index (κ3) is 4.62. The van der Waals surface area contributed by atoms with Crippen LogP contribution < -0.4 is 11.1 Å². The van der Waals surface area contributed by atoms with E-state index in [1.807, 2.05) is 30.3 Å². The highest BCUT2D eigenvalue weighted by Crippen LogP contribution is 2.23. The maximum absolute atomic E-state index is 12.0. The molecular weight excluding hydrogens is 252 g/mol. The molecule has 4 N–H and O–H groups in total. The van der Waals surface area contributed by atoms with Crippen LogP contribution in [-0.2, 0) is 11.2 Å². The molecule has 1 amide bonds. The smallest absolute Gasteiger partial charge is 0.237 e. The van der Waals surface area contributed by atoms with Gasteiger partial charge in [0.25, 0.3) is 0 Å². The Balaban J connectivity index is 1.71. The van der Waals surface area contributed by atoms with Crippen LogP contribution in [0.4, 0.5) is 0 Å². The molecule has 1 aromatic carbocycles. The standard InChI is InChI=1S/C16H24N2O2/c17-15(10-12-4-2-1-3-5-12)16(20)18-11-13-6-8-14(19)9-7-13/h1-5,13-15,19H,6-11,17H2,(H,18,20)/t13?,14?,15-/m1/s1. The van der Waals surface area contributed by atoms with Gasteiger partial charge in [-0.2, -0.15) is 0 Å². The summed E-state index contributed by atoms with van der Waals surface area (Å²) in [4.78, 5) is 12.0. The van der Waals surface area contributed by atoms with Crippen LogP contribution in [0, 0.1) is 5.92 Å². The molecule has 1 aliphatic rings. The number of aliphatic hydroxyl groups is 1. The summed E-state index contributed by atoms with van der Waals surface area (Å²) in [6.45, 7) is 0.675. The molecule has 1 saturated carbocycles. The minimum absolute atomic E-state index is 0.0834. The van der Waals surface area contributed by atoms with Gasteiger partial charge in [-0.15, -0.1) is 0 Å². The van der Waals surface area contributed by atoms with Gasteiger partial charge in [0.15, 0.2) is 0 Å². The predicted molar refractivity (Wildman–Crippen MR) is 79.1 cm³/mol. The first-order valence-corrected chi connectivity index (χ1v) is 7.40. The fourth-order valence-corrected chi connectivity index (χ4v) is 2.69. The van der Waals surface area contributed by atoms with E-state index in [-0.39, 0.29) is 12.0 Å². The first-order valence-electron chi connectivity index (χ1n) is 7.40. The molecule has 1 fully saturated rings. The molecule has 0 unspecified atom stereocenters. The highest BCUT2D eigenvalue weighted by Gasteiger charge is 2.21. The molecule has 0 spiro atoms. The van der Waals surface area contributed by atoms with E-state index >= 15 is 0 Å². The van der Waals surface area contributed by atoms with E-state index < -0.39 is 6.04 Å². The molecule has 0 heterocycles. The van der Waals surface area contributed by atoms with E-state index in [0.29, 0.717) is 18.9 Å². The maximum Gasteiger partial charge on any atom is 0.237 e. The highest BCUT2D eigenvalue weighted by atomic mass is 16.3. The number of rotatable bonds is 5. The topological polar surface area (TPSA) is 75.4 Å². The molecule has 1 atom stereocenters. The number of nitrogens with two attached hydrogens (primary N) is 1. The normalized spacial score (nSPS) is 24.1. The Morgan fingerprint density at radius 1 is 1.25 bits per heavy atom. The van der Waals surface area contributed by atoms with E-state index in [1.165, 1.54) is 0 Å². The lowest BCUT2D eigenvalue weighted by Crippen LogP contribution is -2.44. The number of carbonyl (C=O) groups excluding carboxylic acids is 1. The fraction of sp³-hybridized carbons (Fsp3) is 0.562. The molecule has 0 aliphatic heterocycles. The molecule has 1 aromatic rings. The van der Waals surface area contributed by atoms with Crippen LogP contribution in [0.15, 0.2) is 30.3 Å². The van der Waals surface area contributed by atoms with Gasteiger partial charge in [0.05, 0.1) is 12.1 Å². The van der Waals surface area contributed by atoms with Gasteiger partial charge in [-0.1, -0.05) is 30.3 Å². The lowest BCUT2D eigenvalue weighted by molar-refractivity contribution is -0.122. The number of nitrogens with one attached hydrogen (secondary N) is 1. The van der Waals surface area contributed by atoms with Crippen molar-refractivity contribution in [3.8, 4) is 0 Å². The summed E-state index contributed by atoms with van der Waals surface area (Å²) in [5.74, 6) is 0.395. The quantitative estimate of drug-likeness (QED) is 0.757. The van der Waals surface area contributed by atoms with E-state index in [1.54, 1.807) is 0 Å². The van der Waals surface area contributed by atoms with Gasteiger partial charge < -0.3 is 16.2 Å². The van der Waals surface area contributed by atoms with E-state index in [0.717, 1.165) is 31.2 Å². The molecule has 0 bridgehead atoms. The zero-order valence-corrected chi connectivity index (χ0v) is 11.8. The molecular formula is C16H24N2O2. The average molecular weight is 276 g/mol. The van der Waals surface area contributed by atoms with E-state index in [9.17, 15) is 9.90 Å². The number of hydrogen-bond donors (Lipinski definition) is 3. The molecule has 20 heavy (non-hydrogen) atoms. The predicted octanol–water partition coefficient (Wildman–Crippen LogP) is 1.22. The SMILES string of the molecule is N[C@H](Cc1ccccc1)C(=O)NCC1CCC(O)CC1.